The lowest BCUT2D eigenvalue weighted by atomic mass is 9.87. The summed E-state index contributed by atoms with van der Waals surface area (Å²) in [6.45, 7) is 4.23. The molecule has 1 aliphatic carbocycles. The molecule has 2 rings (SSSR count). The summed E-state index contributed by atoms with van der Waals surface area (Å²) in [4.78, 5) is 0. The molecule has 4 heteroatoms. The molecule has 0 bridgehead atoms. The van der Waals surface area contributed by atoms with Gasteiger partial charge < -0.3 is 10.4 Å². The average Bonchev–Trinajstić information content (AvgIpc) is 2.87. The Hall–Kier alpha value is -0.870. The minimum Gasteiger partial charge on any atom is -0.393 e. The Labute approximate surface area is 109 Å². The van der Waals surface area contributed by atoms with Crippen LogP contribution in [0.5, 0.6) is 0 Å². The van der Waals surface area contributed by atoms with Gasteiger partial charge in [0.15, 0.2) is 0 Å². The number of aromatic nitrogens is 2. The van der Waals surface area contributed by atoms with Gasteiger partial charge in [-0.1, -0.05) is 6.42 Å². The molecule has 1 saturated carbocycles. The van der Waals surface area contributed by atoms with Gasteiger partial charge in [0.25, 0.3) is 0 Å². The number of hydrogen-bond donors (Lipinski definition) is 2. The summed E-state index contributed by atoms with van der Waals surface area (Å²) >= 11 is 0. The fourth-order valence-electron chi connectivity index (χ4n) is 2.68. The zero-order chi connectivity index (χ0) is 12.8. The fourth-order valence-corrected chi connectivity index (χ4v) is 2.68. The van der Waals surface area contributed by atoms with Crippen molar-refractivity contribution >= 4 is 0 Å². The van der Waals surface area contributed by atoms with Crippen LogP contribution in [0.1, 0.15) is 39.0 Å². The number of hydrogen-bond acceptors (Lipinski definition) is 3. The van der Waals surface area contributed by atoms with Crippen LogP contribution in [0.4, 0.5) is 0 Å². The van der Waals surface area contributed by atoms with Crippen LogP contribution in [0.15, 0.2) is 18.5 Å². The molecular weight excluding hydrogens is 226 g/mol. The van der Waals surface area contributed by atoms with E-state index in [2.05, 4.69) is 17.3 Å². The van der Waals surface area contributed by atoms with Crippen molar-refractivity contribution in [3.8, 4) is 0 Å². The van der Waals surface area contributed by atoms with Crippen molar-refractivity contribution in [2.24, 2.45) is 5.92 Å². The molecule has 2 N–H and O–H groups in total. The average molecular weight is 251 g/mol. The summed E-state index contributed by atoms with van der Waals surface area (Å²) in [5, 5.41) is 17.4. The molecule has 3 atom stereocenters. The van der Waals surface area contributed by atoms with Crippen molar-refractivity contribution in [3.05, 3.63) is 18.5 Å². The van der Waals surface area contributed by atoms with Crippen LogP contribution in [0.25, 0.3) is 0 Å². The van der Waals surface area contributed by atoms with E-state index in [-0.39, 0.29) is 6.10 Å². The Kier molecular flexibility index (Phi) is 5.20. The highest BCUT2D eigenvalue weighted by Crippen LogP contribution is 2.23. The van der Waals surface area contributed by atoms with Crippen molar-refractivity contribution in [1.82, 2.24) is 15.1 Å². The number of nitrogens with zero attached hydrogens (tertiary/aromatic N) is 2. The molecule has 3 unspecified atom stereocenters. The minimum absolute atomic E-state index is 0.0649. The van der Waals surface area contributed by atoms with Crippen LogP contribution in [-0.4, -0.2) is 33.6 Å². The number of nitrogens with one attached hydrogen (secondary N) is 1. The molecule has 0 saturated heterocycles. The van der Waals surface area contributed by atoms with Crippen LogP contribution in [0, 0.1) is 5.92 Å². The normalized spacial score (nSPS) is 26.1. The van der Waals surface area contributed by atoms with Gasteiger partial charge in [-0.15, -0.1) is 0 Å². The van der Waals surface area contributed by atoms with Gasteiger partial charge in [-0.25, -0.2) is 0 Å². The second-order valence-electron chi connectivity index (χ2n) is 5.55. The first-order chi connectivity index (χ1) is 8.74. The first-order valence-corrected chi connectivity index (χ1v) is 7.13. The third kappa shape index (κ3) is 4.42. The van der Waals surface area contributed by atoms with Crippen molar-refractivity contribution in [3.63, 3.8) is 0 Å². The Bertz CT molecular complexity index is 326. The van der Waals surface area contributed by atoms with Gasteiger partial charge in [0.2, 0.25) is 0 Å². The molecule has 18 heavy (non-hydrogen) atoms. The number of aliphatic hydroxyl groups is 1. The molecule has 4 nitrogen and oxygen atoms in total. The van der Waals surface area contributed by atoms with Crippen LogP contribution in [0.3, 0.4) is 0 Å². The highest BCUT2D eigenvalue weighted by molar-refractivity contribution is 4.78. The van der Waals surface area contributed by atoms with Crippen molar-refractivity contribution in [2.75, 3.05) is 6.54 Å². The largest absolute Gasteiger partial charge is 0.393 e. The van der Waals surface area contributed by atoms with E-state index in [1.165, 1.54) is 12.8 Å². The third-order valence-corrected chi connectivity index (χ3v) is 3.86. The van der Waals surface area contributed by atoms with E-state index < -0.39 is 0 Å². The highest BCUT2D eigenvalue weighted by atomic mass is 16.3. The molecule has 1 aromatic rings. The van der Waals surface area contributed by atoms with Crippen LogP contribution >= 0.6 is 0 Å². The zero-order valence-corrected chi connectivity index (χ0v) is 11.3. The van der Waals surface area contributed by atoms with Gasteiger partial charge in [-0.2, -0.15) is 5.10 Å². The van der Waals surface area contributed by atoms with E-state index in [0.717, 1.165) is 32.4 Å². The standard InChI is InChI=1S/C14H25N3O/c1-12(6-9-17-8-3-7-16-17)15-11-13-4-2-5-14(18)10-13/h3,7-8,12-15,18H,2,4-6,9-11H2,1H3. The van der Waals surface area contributed by atoms with Crippen molar-refractivity contribution in [1.29, 1.82) is 0 Å². The van der Waals surface area contributed by atoms with Gasteiger partial charge in [0.1, 0.15) is 0 Å². The molecule has 1 aromatic heterocycles. The maximum atomic E-state index is 9.63. The molecule has 1 heterocycles. The summed E-state index contributed by atoms with van der Waals surface area (Å²) in [6, 6.07) is 2.47. The van der Waals surface area contributed by atoms with E-state index in [0.29, 0.717) is 12.0 Å². The lowest BCUT2D eigenvalue weighted by Crippen LogP contribution is -2.34. The first kappa shape index (κ1) is 13.6. The number of aryl methyl sites for hydroxylation is 1. The zero-order valence-electron chi connectivity index (χ0n) is 11.3. The SMILES string of the molecule is CC(CCn1cccn1)NCC1CCCC(O)C1. The number of aliphatic hydroxyl groups excluding tert-OH is 1. The first-order valence-electron chi connectivity index (χ1n) is 7.13. The summed E-state index contributed by atoms with van der Waals surface area (Å²) in [5.74, 6) is 0.654. The maximum absolute atomic E-state index is 9.63. The van der Waals surface area contributed by atoms with Gasteiger partial charge >= 0.3 is 0 Å². The maximum Gasteiger partial charge on any atom is 0.0543 e. The van der Waals surface area contributed by atoms with Gasteiger partial charge in [-0.3, -0.25) is 4.68 Å². The van der Waals surface area contributed by atoms with Crippen LogP contribution in [-0.2, 0) is 6.54 Å². The molecule has 102 valence electrons. The fraction of sp³-hybridized carbons (Fsp3) is 0.786. The molecular formula is C14H25N3O. The second kappa shape index (κ2) is 6.90. The van der Waals surface area contributed by atoms with E-state index in [4.69, 9.17) is 0 Å². The highest BCUT2D eigenvalue weighted by Gasteiger charge is 2.20. The Morgan fingerprint density at radius 1 is 1.50 bits per heavy atom. The molecule has 1 fully saturated rings. The van der Waals surface area contributed by atoms with E-state index in [1.807, 2.05) is 23.1 Å². The predicted molar refractivity (Wildman–Crippen MR) is 72.3 cm³/mol. The lowest BCUT2D eigenvalue weighted by molar-refractivity contribution is 0.0996. The molecule has 0 aromatic carbocycles. The predicted octanol–water partition coefficient (Wildman–Crippen LogP) is 1.80. The molecule has 1 aliphatic rings. The summed E-state index contributed by atoms with van der Waals surface area (Å²) in [7, 11) is 0. The Balaban J connectivity index is 1.60. The molecule has 0 radical (unpaired) electrons. The topological polar surface area (TPSA) is 50.1 Å². The summed E-state index contributed by atoms with van der Waals surface area (Å²) < 4.78 is 1.97. The summed E-state index contributed by atoms with van der Waals surface area (Å²) in [5.41, 5.74) is 0. The third-order valence-electron chi connectivity index (χ3n) is 3.86. The van der Waals surface area contributed by atoms with Gasteiger partial charge in [0.05, 0.1) is 6.10 Å². The lowest BCUT2D eigenvalue weighted by Gasteiger charge is -2.27. The van der Waals surface area contributed by atoms with E-state index >= 15 is 0 Å². The number of rotatable bonds is 6. The molecule has 0 aliphatic heterocycles. The monoisotopic (exact) mass is 251 g/mol. The smallest absolute Gasteiger partial charge is 0.0543 e. The molecule has 0 spiro atoms. The minimum atomic E-state index is -0.0649. The van der Waals surface area contributed by atoms with Crippen molar-refractivity contribution in [2.45, 2.75) is 57.7 Å². The Morgan fingerprint density at radius 2 is 2.39 bits per heavy atom. The summed E-state index contributed by atoms with van der Waals surface area (Å²) in [6.07, 6.45) is 9.25. The van der Waals surface area contributed by atoms with E-state index in [1.54, 1.807) is 0 Å². The molecule has 0 amide bonds. The van der Waals surface area contributed by atoms with Gasteiger partial charge in [0, 0.05) is 25.0 Å². The quantitative estimate of drug-likeness (QED) is 0.810. The van der Waals surface area contributed by atoms with Crippen molar-refractivity contribution < 1.29 is 5.11 Å². The van der Waals surface area contributed by atoms with Gasteiger partial charge in [-0.05, 0) is 51.1 Å². The van der Waals surface area contributed by atoms with Crippen LogP contribution in [0.2, 0.25) is 0 Å². The second-order valence-corrected chi connectivity index (χ2v) is 5.55. The van der Waals surface area contributed by atoms with E-state index in [9.17, 15) is 5.11 Å². The Morgan fingerprint density at radius 3 is 3.11 bits per heavy atom. The van der Waals surface area contributed by atoms with Crippen LogP contribution < -0.4 is 5.32 Å².